The number of nitrogens with zero attached hydrogens (tertiary/aromatic N) is 2. The Morgan fingerprint density at radius 3 is 2.40 bits per heavy atom. The van der Waals surface area contributed by atoms with Gasteiger partial charge in [-0.1, -0.05) is 35.9 Å². The van der Waals surface area contributed by atoms with Gasteiger partial charge in [0, 0.05) is 43.2 Å². The highest BCUT2D eigenvalue weighted by atomic mass is 35.5. The van der Waals surface area contributed by atoms with Gasteiger partial charge in [-0.15, -0.1) is 0 Å². The van der Waals surface area contributed by atoms with E-state index in [4.69, 9.17) is 11.6 Å². The summed E-state index contributed by atoms with van der Waals surface area (Å²) < 4.78 is 0. The van der Waals surface area contributed by atoms with Crippen molar-refractivity contribution in [3.8, 4) is 5.75 Å². The van der Waals surface area contributed by atoms with Gasteiger partial charge in [0.2, 0.25) is 5.91 Å². The lowest BCUT2D eigenvalue weighted by molar-refractivity contribution is -0.129. The van der Waals surface area contributed by atoms with Crippen LogP contribution in [0.25, 0.3) is 0 Å². The molecule has 0 aliphatic carbocycles. The highest BCUT2D eigenvalue weighted by Crippen LogP contribution is 2.34. The molecule has 0 spiro atoms. The van der Waals surface area contributed by atoms with Crippen molar-refractivity contribution in [1.29, 1.82) is 0 Å². The Balaban J connectivity index is 1.33. The summed E-state index contributed by atoms with van der Waals surface area (Å²) in [6, 6.07) is 15.3. The minimum absolute atomic E-state index is 0.196. The van der Waals surface area contributed by atoms with Crippen LogP contribution in [0.3, 0.4) is 0 Å². The van der Waals surface area contributed by atoms with Crippen molar-refractivity contribution >= 4 is 17.5 Å². The Hall–Kier alpha value is -2.04. The molecule has 0 unspecified atom stereocenters. The second kappa shape index (κ2) is 6.70. The summed E-state index contributed by atoms with van der Waals surface area (Å²) >= 11 is 5.90. The number of rotatable bonds is 4. The van der Waals surface area contributed by atoms with Gasteiger partial charge in [0.1, 0.15) is 5.75 Å². The summed E-state index contributed by atoms with van der Waals surface area (Å²) in [6.07, 6.45) is 0.439. The van der Waals surface area contributed by atoms with Crippen LogP contribution in [0.5, 0.6) is 5.75 Å². The molecular formula is C20H21ClN2O2. The first kappa shape index (κ1) is 16.4. The highest BCUT2D eigenvalue weighted by Gasteiger charge is 2.46. The lowest BCUT2D eigenvalue weighted by Gasteiger charge is -2.43. The number of benzene rings is 2. The van der Waals surface area contributed by atoms with Crippen LogP contribution in [0.4, 0.5) is 0 Å². The molecule has 0 saturated carbocycles. The maximum Gasteiger partial charge on any atom is 0.227 e. The molecule has 2 aromatic carbocycles. The molecule has 0 radical (unpaired) electrons. The molecule has 2 heterocycles. The standard InChI is InChI=1S/C20H21ClN2O2/c21-17-5-1-14(2-6-17)9-20(25)23-12-16-11-22(19(16)13-23)10-15-3-7-18(24)8-4-15/h1-8,16,19,24H,9-13H2/t16-,19-/m1/s1. The molecular weight excluding hydrogens is 336 g/mol. The van der Waals surface area contributed by atoms with Crippen molar-refractivity contribution in [3.63, 3.8) is 0 Å². The predicted octanol–water partition coefficient (Wildman–Crippen LogP) is 2.93. The summed E-state index contributed by atoms with van der Waals surface area (Å²) in [6.45, 7) is 3.59. The van der Waals surface area contributed by atoms with Crippen molar-refractivity contribution in [2.45, 2.75) is 19.0 Å². The highest BCUT2D eigenvalue weighted by molar-refractivity contribution is 6.30. The third-order valence-electron chi connectivity index (χ3n) is 5.29. The number of fused-ring (bicyclic) bond motifs is 1. The third-order valence-corrected chi connectivity index (χ3v) is 5.54. The lowest BCUT2D eigenvalue weighted by Crippen LogP contribution is -2.54. The van der Waals surface area contributed by atoms with E-state index >= 15 is 0 Å². The average Bonchev–Trinajstić information content (AvgIpc) is 2.94. The number of amides is 1. The van der Waals surface area contributed by atoms with Crippen molar-refractivity contribution in [2.75, 3.05) is 19.6 Å². The van der Waals surface area contributed by atoms with Gasteiger partial charge in [-0.2, -0.15) is 0 Å². The summed E-state index contributed by atoms with van der Waals surface area (Å²) in [5, 5.41) is 10.1. The van der Waals surface area contributed by atoms with Crippen LogP contribution in [-0.4, -0.2) is 46.5 Å². The van der Waals surface area contributed by atoms with Gasteiger partial charge >= 0.3 is 0 Å². The first-order valence-corrected chi connectivity index (χ1v) is 9.00. The van der Waals surface area contributed by atoms with Crippen LogP contribution in [0.15, 0.2) is 48.5 Å². The van der Waals surface area contributed by atoms with Gasteiger partial charge in [-0.25, -0.2) is 0 Å². The molecule has 1 N–H and O–H groups in total. The molecule has 0 bridgehead atoms. The minimum atomic E-state index is 0.196. The fourth-order valence-corrected chi connectivity index (χ4v) is 3.98. The molecule has 25 heavy (non-hydrogen) atoms. The number of phenols is 1. The zero-order chi connectivity index (χ0) is 17.4. The van der Waals surface area contributed by atoms with Gasteiger partial charge in [0.15, 0.2) is 0 Å². The van der Waals surface area contributed by atoms with Crippen LogP contribution >= 0.6 is 11.6 Å². The van der Waals surface area contributed by atoms with E-state index in [1.54, 1.807) is 12.1 Å². The molecule has 2 saturated heterocycles. The summed E-state index contributed by atoms with van der Waals surface area (Å²) in [4.78, 5) is 17.0. The van der Waals surface area contributed by atoms with E-state index in [1.165, 1.54) is 5.56 Å². The van der Waals surface area contributed by atoms with Gasteiger partial charge < -0.3 is 10.0 Å². The van der Waals surface area contributed by atoms with E-state index in [-0.39, 0.29) is 5.91 Å². The molecule has 130 valence electrons. The van der Waals surface area contributed by atoms with Crippen LogP contribution in [0.1, 0.15) is 11.1 Å². The number of hydrogen-bond acceptors (Lipinski definition) is 3. The third kappa shape index (κ3) is 3.51. The Morgan fingerprint density at radius 2 is 1.68 bits per heavy atom. The molecule has 2 atom stereocenters. The van der Waals surface area contributed by atoms with E-state index < -0.39 is 0 Å². The topological polar surface area (TPSA) is 43.8 Å². The number of hydrogen-bond donors (Lipinski definition) is 1. The molecule has 2 aromatic rings. The number of likely N-dealkylation sites (tertiary alicyclic amines) is 2. The van der Waals surface area contributed by atoms with Gasteiger partial charge in [0.25, 0.3) is 0 Å². The fourth-order valence-electron chi connectivity index (χ4n) is 3.86. The number of halogens is 1. The van der Waals surface area contributed by atoms with E-state index in [0.717, 1.165) is 31.7 Å². The van der Waals surface area contributed by atoms with Crippen molar-refractivity contribution in [1.82, 2.24) is 9.80 Å². The normalized spacial score (nSPS) is 22.5. The zero-order valence-electron chi connectivity index (χ0n) is 13.9. The molecule has 5 heteroatoms. The minimum Gasteiger partial charge on any atom is -0.508 e. The van der Waals surface area contributed by atoms with E-state index in [0.29, 0.717) is 29.2 Å². The van der Waals surface area contributed by atoms with Crippen LogP contribution in [0.2, 0.25) is 5.02 Å². The first-order valence-electron chi connectivity index (χ1n) is 8.62. The molecule has 2 aliphatic heterocycles. The fraction of sp³-hybridized carbons (Fsp3) is 0.350. The summed E-state index contributed by atoms with van der Waals surface area (Å²) in [5.41, 5.74) is 2.21. The van der Waals surface area contributed by atoms with E-state index in [2.05, 4.69) is 4.90 Å². The van der Waals surface area contributed by atoms with Crippen molar-refractivity contribution in [2.24, 2.45) is 5.92 Å². The van der Waals surface area contributed by atoms with Crippen molar-refractivity contribution < 1.29 is 9.90 Å². The van der Waals surface area contributed by atoms with Gasteiger partial charge in [-0.3, -0.25) is 9.69 Å². The van der Waals surface area contributed by atoms with Crippen LogP contribution in [-0.2, 0) is 17.8 Å². The second-order valence-corrected chi connectivity index (χ2v) is 7.46. The van der Waals surface area contributed by atoms with Crippen LogP contribution in [0, 0.1) is 5.92 Å². The second-order valence-electron chi connectivity index (χ2n) is 7.03. The van der Waals surface area contributed by atoms with Gasteiger partial charge in [-0.05, 0) is 35.4 Å². The van der Waals surface area contributed by atoms with E-state index in [9.17, 15) is 9.90 Å². The predicted molar refractivity (Wildman–Crippen MR) is 97.5 cm³/mol. The Morgan fingerprint density at radius 1 is 1.00 bits per heavy atom. The maximum atomic E-state index is 12.6. The number of aromatic hydroxyl groups is 1. The van der Waals surface area contributed by atoms with Crippen molar-refractivity contribution in [3.05, 3.63) is 64.7 Å². The van der Waals surface area contributed by atoms with E-state index in [1.807, 2.05) is 41.3 Å². The Kier molecular flexibility index (Phi) is 4.40. The van der Waals surface area contributed by atoms with Gasteiger partial charge in [0.05, 0.1) is 6.42 Å². The smallest absolute Gasteiger partial charge is 0.227 e. The monoisotopic (exact) mass is 356 g/mol. The first-order chi connectivity index (χ1) is 12.1. The molecule has 2 aliphatic rings. The maximum absolute atomic E-state index is 12.6. The SMILES string of the molecule is O=C(Cc1ccc(Cl)cc1)N1C[C@H]2CN(Cc3ccc(O)cc3)[C@@H]2C1. The Bertz CT molecular complexity index is 760. The average molecular weight is 357 g/mol. The molecule has 4 rings (SSSR count). The molecule has 1 amide bonds. The summed E-state index contributed by atoms with van der Waals surface area (Å²) in [7, 11) is 0. The largest absolute Gasteiger partial charge is 0.508 e. The van der Waals surface area contributed by atoms with Crippen LogP contribution < -0.4 is 0 Å². The number of carbonyl (C=O) groups is 1. The summed E-state index contributed by atoms with van der Waals surface area (Å²) in [5.74, 6) is 1.08. The number of carbonyl (C=O) groups excluding carboxylic acids is 1. The quantitative estimate of drug-likeness (QED) is 0.916. The molecule has 0 aromatic heterocycles. The molecule has 2 fully saturated rings. The Labute approximate surface area is 152 Å². The zero-order valence-corrected chi connectivity index (χ0v) is 14.7. The lowest BCUT2D eigenvalue weighted by atomic mass is 9.91. The number of phenolic OH excluding ortho intramolecular Hbond substituents is 1. The molecule has 4 nitrogen and oxygen atoms in total.